The molecule has 0 aromatic heterocycles. The Morgan fingerprint density at radius 1 is 1.45 bits per heavy atom. The largest absolute Gasteiger partial charge is 0.301 e. The smallest absolute Gasteiger partial charge is 0.238 e. The Kier molecular flexibility index (Phi) is 4.97. The van der Waals surface area contributed by atoms with Crippen LogP contribution in [-0.2, 0) is 16.1 Å². The Labute approximate surface area is 138 Å². The lowest BCUT2D eigenvalue weighted by Gasteiger charge is -2.20. The number of nitrogens with zero attached hydrogens (tertiary/aromatic N) is 1. The molecule has 1 amide bonds. The number of allylic oxidation sites excluding steroid dienone is 1. The highest BCUT2D eigenvalue weighted by Crippen LogP contribution is 2.33. The number of amides is 1. The number of benzene rings is 1. The molecule has 1 aromatic rings. The molecule has 0 N–H and O–H groups in total. The van der Waals surface area contributed by atoms with Gasteiger partial charge in [-0.05, 0) is 17.7 Å². The zero-order valence-electron chi connectivity index (χ0n) is 12.7. The van der Waals surface area contributed by atoms with Gasteiger partial charge in [0.25, 0.3) is 0 Å². The van der Waals surface area contributed by atoms with Crippen LogP contribution in [0, 0.1) is 11.2 Å². The number of rotatable bonds is 3. The monoisotopic (exact) mass is 341 g/mol. The van der Waals surface area contributed by atoms with Gasteiger partial charge in [-0.1, -0.05) is 50.2 Å². The van der Waals surface area contributed by atoms with Gasteiger partial charge in [-0.3, -0.25) is 9.59 Å². The molecule has 0 unspecified atom stereocenters. The summed E-state index contributed by atoms with van der Waals surface area (Å²) in [5.74, 6) is -0.255. The van der Waals surface area contributed by atoms with Crippen LogP contribution in [-0.4, -0.2) is 22.3 Å². The first-order valence-corrected chi connectivity index (χ1v) is 8.18. The summed E-state index contributed by atoms with van der Waals surface area (Å²) in [5.41, 5.74) is 0.145. The van der Waals surface area contributed by atoms with Crippen LogP contribution < -0.4 is 0 Å². The summed E-state index contributed by atoms with van der Waals surface area (Å²) in [6, 6.07) is 4.07. The molecule has 0 aliphatic carbocycles. The van der Waals surface area contributed by atoms with Crippen molar-refractivity contribution >= 4 is 35.1 Å². The minimum atomic E-state index is -0.502. The summed E-state index contributed by atoms with van der Waals surface area (Å²) in [7, 11) is 0. The second kappa shape index (κ2) is 6.42. The van der Waals surface area contributed by atoms with Gasteiger partial charge in [-0.25, -0.2) is 4.39 Å². The van der Waals surface area contributed by atoms with Gasteiger partial charge in [0, 0.05) is 16.5 Å². The minimum absolute atomic E-state index is 0.0418. The molecule has 118 valence electrons. The normalized spacial score (nSPS) is 17.4. The average Bonchev–Trinajstić information content (AvgIpc) is 2.73. The summed E-state index contributed by atoms with van der Waals surface area (Å²) in [6.45, 7) is 5.72. The molecule has 1 aromatic carbocycles. The highest BCUT2D eigenvalue weighted by atomic mass is 35.5. The van der Waals surface area contributed by atoms with Gasteiger partial charge in [-0.15, -0.1) is 0 Å². The Bertz CT molecular complexity index is 652. The number of carbonyl (C=O) groups is 2. The predicted octanol–water partition coefficient (Wildman–Crippen LogP) is 4.01. The van der Waals surface area contributed by atoms with Crippen molar-refractivity contribution in [1.82, 2.24) is 4.90 Å². The summed E-state index contributed by atoms with van der Waals surface area (Å²) < 4.78 is 13.1. The van der Waals surface area contributed by atoms with Crippen LogP contribution in [0.5, 0.6) is 0 Å². The maximum Gasteiger partial charge on any atom is 0.238 e. The first kappa shape index (κ1) is 17.0. The minimum Gasteiger partial charge on any atom is -0.301 e. The van der Waals surface area contributed by atoms with E-state index in [9.17, 15) is 14.0 Å². The van der Waals surface area contributed by atoms with Crippen LogP contribution in [0.2, 0.25) is 5.02 Å². The van der Waals surface area contributed by atoms with Crippen LogP contribution >= 0.6 is 23.4 Å². The molecule has 0 spiro atoms. The standard InChI is InChI=1S/C16H17ClFNO2S/c1-16(2,3)13(20)7-15-19(14(21)9-22-15)8-10-4-5-11(18)6-12(10)17/h4-7H,8-9H2,1-3H3/b15-7-. The maximum absolute atomic E-state index is 13.1. The second-order valence-electron chi connectivity index (χ2n) is 6.10. The van der Waals surface area contributed by atoms with Gasteiger partial charge in [0.15, 0.2) is 5.78 Å². The Balaban J connectivity index is 2.25. The van der Waals surface area contributed by atoms with Crippen molar-refractivity contribution in [3.63, 3.8) is 0 Å². The molecule has 1 heterocycles. The van der Waals surface area contributed by atoms with E-state index in [0.29, 0.717) is 16.3 Å². The number of hydrogen-bond donors (Lipinski definition) is 0. The Morgan fingerprint density at radius 2 is 2.14 bits per heavy atom. The van der Waals surface area contributed by atoms with Crippen LogP contribution in [0.25, 0.3) is 0 Å². The quantitative estimate of drug-likeness (QED) is 0.779. The number of halogens is 2. The Hall–Kier alpha value is -1.33. The fourth-order valence-electron chi connectivity index (χ4n) is 1.85. The Morgan fingerprint density at radius 3 is 2.73 bits per heavy atom. The summed E-state index contributed by atoms with van der Waals surface area (Å²) in [4.78, 5) is 25.7. The highest BCUT2D eigenvalue weighted by Gasteiger charge is 2.29. The molecule has 0 atom stereocenters. The van der Waals surface area contributed by atoms with E-state index in [-0.39, 0.29) is 23.3 Å². The SMILES string of the molecule is CC(C)(C)C(=O)/C=C1\SCC(=O)N1Cc1ccc(F)cc1Cl. The maximum atomic E-state index is 13.1. The number of ketones is 1. The van der Waals surface area contributed by atoms with Crippen LogP contribution in [0.3, 0.4) is 0 Å². The third-order valence-corrected chi connectivity index (χ3v) is 4.63. The lowest BCUT2D eigenvalue weighted by molar-refractivity contribution is -0.125. The van der Waals surface area contributed by atoms with E-state index in [1.165, 1.54) is 34.9 Å². The molecule has 1 saturated heterocycles. The molecule has 1 fully saturated rings. The molecule has 3 nitrogen and oxygen atoms in total. The lowest BCUT2D eigenvalue weighted by Crippen LogP contribution is -2.26. The van der Waals surface area contributed by atoms with E-state index in [1.54, 1.807) is 6.07 Å². The van der Waals surface area contributed by atoms with Crippen molar-refractivity contribution in [1.29, 1.82) is 0 Å². The topological polar surface area (TPSA) is 37.4 Å². The second-order valence-corrected chi connectivity index (χ2v) is 7.50. The first-order valence-electron chi connectivity index (χ1n) is 6.81. The highest BCUT2D eigenvalue weighted by molar-refractivity contribution is 8.04. The van der Waals surface area contributed by atoms with Gasteiger partial charge in [0.2, 0.25) is 5.91 Å². The molecule has 0 radical (unpaired) electrons. The third kappa shape index (κ3) is 3.90. The molecule has 22 heavy (non-hydrogen) atoms. The van der Waals surface area contributed by atoms with Gasteiger partial charge < -0.3 is 4.90 Å². The molecule has 2 rings (SSSR count). The molecule has 6 heteroatoms. The first-order chi connectivity index (χ1) is 10.2. The van der Waals surface area contributed by atoms with Crippen LogP contribution in [0.4, 0.5) is 4.39 Å². The summed E-state index contributed by atoms with van der Waals surface area (Å²) >= 11 is 7.34. The number of hydrogen-bond acceptors (Lipinski definition) is 3. The zero-order chi connectivity index (χ0) is 16.5. The van der Waals surface area contributed by atoms with E-state index in [0.717, 1.165) is 0 Å². The number of carbonyl (C=O) groups excluding carboxylic acids is 2. The van der Waals surface area contributed by atoms with Gasteiger partial charge in [-0.2, -0.15) is 0 Å². The molecule has 1 aliphatic rings. The van der Waals surface area contributed by atoms with Crippen molar-refractivity contribution in [2.75, 3.05) is 5.75 Å². The van der Waals surface area contributed by atoms with Crippen LogP contribution in [0.15, 0.2) is 29.3 Å². The molecule has 0 saturated carbocycles. The van der Waals surface area contributed by atoms with Crippen molar-refractivity contribution in [2.24, 2.45) is 5.41 Å². The predicted molar refractivity (Wildman–Crippen MR) is 87.0 cm³/mol. The average molecular weight is 342 g/mol. The fourth-order valence-corrected chi connectivity index (χ4v) is 3.02. The van der Waals surface area contributed by atoms with Gasteiger partial charge in [0.05, 0.1) is 17.3 Å². The zero-order valence-corrected chi connectivity index (χ0v) is 14.2. The summed E-state index contributed by atoms with van der Waals surface area (Å²) in [5, 5.41) is 0.886. The van der Waals surface area contributed by atoms with Gasteiger partial charge >= 0.3 is 0 Å². The van der Waals surface area contributed by atoms with E-state index >= 15 is 0 Å². The summed E-state index contributed by atoms with van der Waals surface area (Å²) in [6.07, 6.45) is 1.51. The molecular weight excluding hydrogens is 325 g/mol. The fraction of sp³-hybridized carbons (Fsp3) is 0.375. The molecule has 1 aliphatic heterocycles. The van der Waals surface area contributed by atoms with E-state index in [2.05, 4.69) is 0 Å². The van der Waals surface area contributed by atoms with Crippen molar-refractivity contribution in [3.8, 4) is 0 Å². The van der Waals surface area contributed by atoms with Crippen molar-refractivity contribution < 1.29 is 14.0 Å². The van der Waals surface area contributed by atoms with Crippen LogP contribution in [0.1, 0.15) is 26.3 Å². The molecule has 0 bridgehead atoms. The van der Waals surface area contributed by atoms with E-state index in [1.807, 2.05) is 20.8 Å². The van der Waals surface area contributed by atoms with Gasteiger partial charge in [0.1, 0.15) is 5.82 Å². The third-order valence-electron chi connectivity index (χ3n) is 3.25. The molecular formula is C16H17ClFNO2S. The van der Waals surface area contributed by atoms with Crippen molar-refractivity contribution in [3.05, 3.63) is 45.7 Å². The lowest BCUT2D eigenvalue weighted by atomic mass is 9.91. The van der Waals surface area contributed by atoms with Crippen molar-refractivity contribution in [2.45, 2.75) is 27.3 Å². The van der Waals surface area contributed by atoms with E-state index < -0.39 is 11.2 Å². The van der Waals surface area contributed by atoms with E-state index in [4.69, 9.17) is 11.6 Å². The number of thioether (sulfide) groups is 1.